The van der Waals surface area contributed by atoms with Gasteiger partial charge in [0.05, 0.1) is 49.2 Å². The third kappa shape index (κ3) is 8.31. The number of morpholine rings is 2. The molecule has 0 spiro atoms. The Morgan fingerprint density at radius 1 is 0.759 bits per heavy atom. The number of nitrogen functional groups attached to an aromatic ring is 1. The first-order valence-corrected chi connectivity index (χ1v) is 21.7. The zero-order chi connectivity index (χ0) is 39.4. The van der Waals surface area contributed by atoms with E-state index in [0.29, 0.717) is 10.6 Å². The van der Waals surface area contributed by atoms with E-state index in [4.69, 9.17) is 25.2 Å². The summed E-state index contributed by atoms with van der Waals surface area (Å²) in [5, 5.41) is 8.23. The predicted molar refractivity (Wildman–Crippen MR) is 232 cm³/mol. The number of hydrogen-bond donors (Lipinski definition) is 2. The molecule has 3 N–H and O–H groups in total. The van der Waals surface area contributed by atoms with Gasteiger partial charge in [0.2, 0.25) is 0 Å². The summed E-state index contributed by atoms with van der Waals surface area (Å²) in [5.74, 6) is -0.179. The largest absolute Gasteiger partial charge is 0.398 e. The molecule has 2 aromatic carbocycles. The highest BCUT2D eigenvalue weighted by molar-refractivity contribution is 7.17. The topological polar surface area (TPSA) is 140 Å². The van der Waals surface area contributed by atoms with Crippen LogP contribution in [-0.4, -0.2) is 97.1 Å². The molecule has 8 aromatic rings. The van der Waals surface area contributed by atoms with Crippen molar-refractivity contribution in [1.29, 1.82) is 0 Å². The molecule has 58 heavy (non-hydrogen) atoms. The molecule has 6 aromatic heterocycles. The second-order valence-corrected chi connectivity index (χ2v) is 16.7. The van der Waals surface area contributed by atoms with E-state index in [1.807, 2.05) is 67.6 Å². The number of aryl methyl sites for hydroxylation is 1. The number of rotatable bonds is 9. The molecule has 0 saturated carbocycles. The van der Waals surface area contributed by atoms with Gasteiger partial charge in [-0.1, -0.05) is 36.4 Å². The number of hydrogen-bond acceptors (Lipinski definition) is 13. The van der Waals surface area contributed by atoms with Crippen LogP contribution in [0, 0.1) is 6.92 Å². The van der Waals surface area contributed by atoms with Crippen molar-refractivity contribution >= 4 is 61.2 Å². The van der Waals surface area contributed by atoms with Gasteiger partial charge in [-0.2, -0.15) is 0 Å². The van der Waals surface area contributed by atoms with Crippen LogP contribution < -0.4 is 11.1 Å². The van der Waals surface area contributed by atoms with Crippen LogP contribution in [0.15, 0.2) is 96.2 Å². The van der Waals surface area contributed by atoms with Crippen molar-refractivity contribution in [3.63, 3.8) is 0 Å². The van der Waals surface area contributed by atoms with Gasteiger partial charge in [-0.25, -0.2) is 15.0 Å². The molecule has 0 atom stereocenters. The SMILES string of the molecule is Cc1nc(-c2cccnc2)sc1C(=O)Nc1ccccc1-c1cn2c(CN3CCOCC3)csc2n1.Nc1ccccc1-c1cn2c(CN3CCOCC3)csc2n1. The van der Waals surface area contributed by atoms with Crippen molar-refractivity contribution in [2.45, 2.75) is 20.0 Å². The second-order valence-electron chi connectivity index (χ2n) is 14.1. The average Bonchev–Trinajstić information content (AvgIpc) is 4.10. The smallest absolute Gasteiger partial charge is 0.267 e. The summed E-state index contributed by atoms with van der Waals surface area (Å²) in [4.78, 5) is 39.0. The molecule has 296 valence electrons. The Balaban J connectivity index is 0.000000169. The Hall–Kier alpha value is -5.33. The van der Waals surface area contributed by atoms with Crippen LogP contribution in [-0.2, 0) is 22.6 Å². The first-order chi connectivity index (χ1) is 28.5. The van der Waals surface area contributed by atoms with Crippen LogP contribution >= 0.6 is 34.0 Å². The van der Waals surface area contributed by atoms with Gasteiger partial charge in [-0.05, 0) is 31.2 Å². The van der Waals surface area contributed by atoms with E-state index in [-0.39, 0.29) is 5.91 Å². The molecule has 2 saturated heterocycles. The summed E-state index contributed by atoms with van der Waals surface area (Å²) in [5.41, 5.74) is 15.3. The molecule has 2 fully saturated rings. The van der Waals surface area contributed by atoms with E-state index in [0.717, 1.165) is 120 Å². The van der Waals surface area contributed by atoms with Gasteiger partial charge in [-0.15, -0.1) is 34.0 Å². The number of imidazole rings is 2. The fraction of sp³-hybridized carbons (Fsp3) is 0.262. The Kier molecular flexibility index (Phi) is 11.4. The number of para-hydroxylation sites is 2. The lowest BCUT2D eigenvalue weighted by molar-refractivity contribution is 0.0335. The molecule has 0 aliphatic carbocycles. The predicted octanol–water partition coefficient (Wildman–Crippen LogP) is 7.45. The molecule has 10 rings (SSSR count). The molecule has 8 heterocycles. The van der Waals surface area contributed by atoms with Crippen LogP contribution in [0.3, 0.4) is 0 Å². The van der Waals surface area contributed by atoms with Crippen LogP contribution in [0.1, 0.15) is 26.8 Å². The van der Waals surface area contributed by atoms with E-state index in [1.165, 1.54) is 22.7 Å². The number of amides is 1. The number of anilines is 2. The number of fused-ring (bicyclic) bond motifs is 2. The van der Waals surface area contributed by atoms with Crippen LogP contribution in [0.5, 0.6) is 0 Å². The number of benzene rings is 2. The molecular formula is C42H42N10O3S3. The van der Waals surface area contributed by atoms with E-state index >= 15 is 0 Å². The van der Waals surface area contributed by atoms with Crippen LogP contribution in [0.25, 0.3) is 43.0 Å². The van der Waals surface area contributed by atoms with Crippen LogP contribution in [0.2, 0.25) is 0 Å². The molecule has 0 bridgehead atoms. The van der Waals surface area contributed by atoms with E-state index in [9.17, 15) is 4.79 Å². The van der Waals surface area contributed by atoms with E-state index in [2.05, 4.69) is 57.0 Å². The summed E-state index contributed by atoms with van der Waals surface area (Å²) in [6.07, 6.45) is 7.63. The monoisotopic (exact) mass is 830 g/mol. The minimum atomic E-state index is -0.179. The van der Waals surface area contributed by atoms with Gasteiger partial charge in [-0.3, -0.25) is 28.4 Å². The lowest BCUT2D eigenvalue weighted by Crippen LogP contribution is -2.35. The minimum Gasteiger partial charge on any atom is -0.398 e. The first-order valence-electron chi connectivity index (χ1n) is 19.1. The summed E-state index contributed by atoms with van der Waals surface area (Å²) in [7, 11) is 0. The Morgan fingerprint density at radius 2 is 1.34 bits per heavy atom. The van der Waals surface area contributed by atoms with Crippen molar-refractivity contribution in [3.8, 4) is 33.1 Å². The Morgan fingerprint density at radius 3 is 1.95 bits per heavy atom. The van der Waals surface area contributed by atoms with Crippen molar-refractivity contribution in [2.75, 3.05) is 63.7 Å². The Bertz CT molecular complexity index is 2650. The molecule has 2 aliphatic rings. The highest BCUT2D eigenvalue weighted by Crippen LogP contribution is 2.33. The number of pyridine rings is 1. The lowest BCUT2D eigenvalue weighted by atomic mass is 10.1. The van der Waals surface area contributed by atoms with Crippen molar-refractivity contribution in [2.24, 2.45) is 0 Å². The van der Waals surface area contributed by atoms with Gasteiger partial charge in [0.1, 0.15) is 9.88 Å². The summed E-state index contributed by atoms with van der Waals surface area (Å²) >= 11 is 4.68. The normalized spacial score (nSPS) is 15.1. The highest BCUT2D eigenvalue weighted by Gasteiger charge is 2.21. The maximum atomic E-state index is 13.3. The number of nitrogens with two attached hydrogens (primary N) is 1. The number of carbonyl (C=O) groups is 1. The summed E-state index contributed by atoms with van der Waals surface area (Å²) < 4.78 is 15.2. The van der Waals surface area contributed by atoms with Gasteiger partial charge in [0.25, 0.3) is 5.91 Å². The van der Waals surface area contributed by atoms with Gasteiger partial charge in [0, 0.05) is 109 Å². The number of nitrogens with one attached hydrogen (secondary N) is 1. The fourth-order valence-electron chi connectivity index (χ4n) is 7.07. The third-order valence-electron chi connectivity index (χ3n) is 10.1. The molecule has 0 radical (unpaired) electrons. The maximum Gasteiger partial charge on any atom is 0.267 e. The molecule has 13 nitrogen and oxygen atoms in total. The third-order valence-corrected chi connectivity index (χ3v) is 13.1. The molecule has 1 amide bonds. The molecule has 0 unspecified atom stereocenters. The Labute approximate surface area is 347 Å². The number of aromatic nitrogens is 6. The van der Waals surface area contributed by atoms with Crippen molar-refractivity contribution in [1.82, 2.24) is 38.5 Å². The van der Waals surface area contributed by atoms with Gasteiger partial charge in [0.15, 0.2) is 9.92 Å². The van der Waals surface area contributed by atoms with Gasteiger partial charge >= 0.3 is 0 Å². The number of ether oxygens (including phenoxy) is 2. The number of nitrogens with zero attached hydrogens (tertiary/aromatic N) is 8. The molecule has 2 aliphatic heterocycles. The fourth-order valence-corrected chi connectivity index (χ4v) is 9.75. The minimum absolute atomic E-state index is 0.179. The highest BCUT2D eigenvalue weighted by atomic mass is 32.1. The zero-order valence-electron chi connectivity index (χ0n) is 31.9. The zero-order valence-corrected chi connectivity index (χ0v) is 34.4. The second kappa shape index (κ2) is 17.3. The first kappa shape index (κ1) is 38.2. The molecular weight excluding hydrogens is 789 g/mol. The van der Waals surface area contributed by atoms with E-state index < -0.39 is 0 Å². The van der Waals surface area contributed by atoms with Crippen molar-refractivity contribution < 1.29 is 14.3 Å². The summed E-state index contributed by atoms with van der Waals surface area (Å²) in [6, 6.07) is 19.5. The standard InChI is InChI=1S/C26H24N6O2S2.C16H18N4OS/c1-17-23(36-25(28-17)18-5-4-8-27-13-18)24(33)29-21-7-3-2-6-20(21)22-15-32-19(16-35-26(32)30-22)14-31-9-11-34-12-10-31;17-14-4-2-1-3-13(14)15-10-20-12(11-22-16(20)18-15)9-19-5-7-21-8-6-19/h2-8,13,15-16H,9-12,14H2,1H3,(H,29,33);1-4,10-11H,5-9,17H2. The quantitative estimate of drug-likeness (QED) is 0.141. The maximum absolute atomic E-state index is 13.3. The lowest BCUT2D eigenvalue weighted by Gasteiger charge is -2.26. The number of carbonyl (C=O) groups excluding carboxylic acids is 1. The van der Waals surface area contributed by atoms with Crippen LogP contribution in [0.4, 0.5) is 11.4 Å². The van der Waals surface area contributed by atoms with Crippen molar-refractivity contribution in [3.05, 3.63) is 118 Å². The summed E-state index contributed by atoms with van der Waals surface area (Å²) in [6.45, 7) is 10.7. The van der Waals surface area contributed by atoms with E-state index in [1.54, 1.807) is 35.1 Å². The number of thiazole rings is 3. The van der Waals surface area contributed by atoms with Gasteiger partial charge < -0.3 is 20.5 Å². The molecule has 16 heteroatoms. The average molecular weight is 831 g/mol.